The number of ether oxygens (including phenoxy) is 4. The molecule has 3 aromatic rings. The Balaban J connectivity index is 1.59. The van der Waals surface area contributed by atoms with Crippen molar-refractivity contribution in [3.05, 3.63) is 41.6 Å². The smallest absolute Gasteiger partial charge is 0.243 e. The average molecular weight is 555 g/mol. The van der Waals surface area contributed by atoms with E-state index in [-0.39, 0.29) is 18.0 Å². The van der Waals surface area contributed by atoms with Crippen molar-refractivity contribution in [3.8, 4) is 22.9 Å². The first-order chi connectivity index (χ1) is 18.9. The molecule has 0 unspecified atom stereocenters. The SMILES string of the molecule is C=CC(=O)N[C@H]1COC[C@H]1Nc1cc2c(N3CCCOC3)nc(-c3c(C)c(OC)cc(OC)c3Cl)nc2cn1. The number of nitrogens with zero attached hydrogens (tertiary/aromatic N) is 4. The first-order valence-corrected chi connectivity index (χ1v) is 13.0. The van der Waals surface area contributed by atoms with Crippen LogP contribution in [0.1, 0.15) is 12.0 Å². The van der Waals surface area contributed by atoms with E-state index in [4.69, 9.17) is 40.5 Å². The zero-order valence-corrected chi connectivity index (χ0v) is 22.9. The monoisotopic (exact) mass is 554 g/mol. The molecule has 1 amide bonds. The van der Waals surface area contributed by atoms with Gasteiger partial charge in [-0.25, -0.2) is 15.0 Å². The topological polar surface area (TPSA) is 120 Å². The molecule has 0 radical (unpaired) electrons. The number of amides is 1. The van der Waals surface area contributed by atoms with Crippen LogP contribution in [0.5, 0.6) is 11.5 Å². The Hall–Kier alpha value is -3.67. The number of halogens is 1. The van der Waals surface area contributed by atoms with Crippen LogP contribution in [0.15, 0.2) is 31.0 Å². The van der Waals surface area contributed by atoms with Crippen molar-refractivity contribution in [2.45, 2.75) is 25.4 Å². The zero-order chi connectivity index (χ0) is 27.5. The number of rotatable bonds is 8. The summed E-state index contributed by atoms with van der Waals surface area (Å²) in [4.78, 5) is 28.4. The number of benzene rings is 1. The van der Waals surface area contributed by atoms with Gasteiger partial charge in [0.15, 0.2) is 5.82 Å². The Labute approximate surface area is 231 Å². The average Bonchev–Trinajstić information content (AvgIpc) is 3.39. The second-order valence-electron chi connectivity index (χ2n) is 9.31. The van der Waals surface area contributed by atoms with Gasteiger partial charge in [0.05, 0.1) is 62.9 Å². The first kappa shape index (κ1) is 26.9. The van der Waals surface area contributed by atoms with E-state index in [0.29, 0.717) is 71.6 Å². The molecule has 2 saturated heterocycles. The van der Waals surface area contributed by atoms with Crippen LogP contribution in [0.2, 0.25) is 5.02 Å². The second-order valence-corrected chi connectivity index (χ2v) is 9.69. The molecule has 2 N–H and O–H groups in total. The highest BCUT2D eigenvalue weighted by molar-refractivity contribution is 6.35. The minimum atomic E-state index is -0.250. The fourth-order valence-electron chi connectivity index (χ4n) is 4.81. The van der Waals surface area contributed by atoms with Crippen LogP contribution < -0.4 is 25.0 Å². The van der Waals surface area contributed by atoms with Gasteiger partial charge in [0.25, 0.3) is 0 Å². The standard InChI is InChI=1S/C27H31ClN6O5/c1-5-23(35)31-19-13-39-12-18(19)30-22-9-16-17(11-29-22)32-26(33-27(16)34-7-6-8-38-14-34)24-15(2)20(36-3)10-21(37-4)25(24)28/h5,9-11,18-19H,1,6-8,12-14H2,2-4H3,(H,29,30)(H,31,35)/t18-,19+/m1/s1. The third-order valence-corrected chi connectivity index (χ3v) is 7.23. The number of aromatic nitrogens is 3. The van der Waals surface area contributed by atoms with Crippen LogP contribution in [0.4, 0.5) is 11.6 Å². The molecule has 0 saturated carbocycles. The summed E-state index contributed by atoms with van der Waals surface area (Å²) in [7, 11) is 3.15. The van der Waals surface area contributed by atoms with E-state index < -0.39 is 0 Å². The largest absolute Gasteiger partial charge is 0.496 e. The summed E-state index contributed by atoms with van der Waals surface area (Å²) in [5, 5.41) is 7.49. The quantitative estimate of drug-likeness (QED) is 0.401. The number of anilines is 2. The highest BCUT2D eigenvalue weighted by atomic mass is 35.5. The van der Waals surface area contributed by atoms with Gasteiger partial charge in [-0.05, 0) is 25.5 Å². The molecule has 39 heavy (non-hydrogen) atoms. The molecule has 11 nitrogen and oxygen atoms in total. The Morgan fingerprint density at radius 1 is 1.18 bits per heavy atom. The molecule has 0 spiro atoms. The number of pyridine rings is 1. The fourth-order valence-corrected chi connectivity index (χ4v) is 5.17. The number of fused-ring (bicyclic) bond motifs is 1. The maximum atomic E-state index is 11.9. The van der Waals surface area contributed by atoms with Gasteiger partial charge in [-0.3, -0.25) is 4.79 Å². The highest BCUT2D eigenvalue weighted by Crippen LogP contribution is 2.42. The van der Waals surface area contributed by atoms with E-state index in [1.54, 1.807) is 26.5 Å². The van der Waals surface area contributed by atoms with Crippen molar-refractivity contribution >= 4 is 40.0 Å². The minimum Gasteiger partial charge on any atom is -0.496 e. The lowest BCUT2D eigenvalue weighted by Crippen LogP contribution is -2.45. The van der Waals surface area contributed by atoms with Crippen molar-refractivity contribution in [2.75, 3.05) is 57.5 Å². The molecule has 0 bridgehead atoms. The molecule has 2 fully saturated rings. The van der Waals surface area contributed by atoms with Crippen LogP contribution in [-0.4, -0.2) is 80.3 Å². The summed E-state index contributed by atoms with van der Waals surface area (Å²) in [6, 6.07) is 3.29. The van der Waals surface area contributed by atoms with Crippen LogP contribution in [0, 0.1) is 6.92 Å². The predicted octanol–water partition coefficient (Wildman–Crippen LogP) is 3.34. The molecule has 2 atom stereocenters. The lowest BCUT2D eigenvalue weighted by Gasteiger charge is -2.29. The third-order valence-electron chi connectivity index (χ3n) is 6.86. The molecular weight excluding hydrogens is 524 g/mol. The van der Waals surface area contributed by atoms with Gasteiger partial charge < -0.3 is 34.5 Å². The predicted molar refractivity (Wildman–Crippen MR) is 149 cm³/mol. The maximum absolute atomic E-state index is 11.9. The van der Waals surface area contributed by atoms with Gasteiger partial charge in [-0.15, -0.1) is 0 Å². The molecule has 5 rings (SSSR count). The van der Waals surface area contributed by atoms with E-state index >= 15 is 0 Å². The van der Waals surface area contributed by atoms with Gasteiger partial charge in [-0.1, -0.05) is 18.2 Å². The number of methoxy groups -OCH3 is 2. The summed E-state index contributed by atoms with van der Waals surface area (Å²) in [5.41, 5.74) is 2.06. The molecule has 206 valence electrons. The summed E-state index contributed by atoms with van der Waals surface area (Å²) >= 11 is 6.78. The lowest BCUT2D eigenvalue weighted by atomic mass is 10.1. The zero-order valence-electron chi connectivity index (χ0n) is 22.1. The summed E-state index contributed by atoms with van der Waals surface area (Å²) in [6.45, 7) is 8.13. The first-order valence-electron chi connectivity index (χ1n) is 12.6. The van der Waals surface area contributed by atoms with Gasteiger partial charge in [0.2, 0.25) is 5.91 Å². The Morgan fingerprint density at radius 2 is 1.97 bits per heavy atom. The van der Waals surface area contributed by atoms with Gasteiger partial charge >= 0.3 is 0 Å². The fraction of sp³-hybridized carbons (Fsp3) is 0.407. The van der Waals surface area contributed by atoms with Crippen molar-refractivity contribution in [1.82, 2.24) is 20.3 Å². The van der Waals surface area contributed by atoms with E-state index in [0.717, 1.165) is 23.9 Å². The number of carbonyl (C=O) groups excluding carboxylic acids is 1. The molecule has 2 aromatic heterocycles. The number of hydrogen-bond donors (Lipinski definition) is 2. The van der Waals surface area contributed by atoms with Crippen LogP contribution >= 0.6 is 11.6 Å². The Bertz CT molecular complexity index is 1370. The molecular formula is C27H31ClN6O5. The van der Waals surface area contributed by atoms with Crippen molar-refractivity contribution < 1.29 is 23.7 Å². The molecule has 1 aromatic carbocycles. The number of hydrogen-bond acceptors (Lipinski definition) is 10. The Morgan fingerprint density at radius 3 is 2.69 bits per heavy atom. The number of nitrogens with one attached hydrogen (secondary N) is 2. The molecule has 0 aliphatic carbocycles. The van der Waals surface area contributed by atoms with Crippen LogP contribution in [0.25, 0.3) is 22.3 Å². The third kappa shape index (κ3) is 5.42. The minimum absolute atomic E-state index is 0.161. The maximum Gasteiger partial charge on any atom is 0.243 e. The van der Waals surface area contributed by atoms with Crippen LogP contribution in [-0.2, 0) is 14.3 Å². The highest BCUT2D eigenvalue weighted by Gasteiger charge is 2.30. The molecule has 12 heteroatoms. The van der Waals surface area contributed by atoms with E-state index in [1.165, 1.54) is 6.08 Å². The van der Waals surface area contributed by atoms with Crippen molar-refractivity contribution in [1.29, 1.82) is 0 Å². The second kappa shape index (κ2) is 11.6. The van der Waals surface area contributed by atoms with Crippen LogP contribution in [0.3, 0.4) is 0 Å². The van der Waals surface area contributed by atoms with Crippen molar-refractivity contribution in [3.63, 3.8) is 0 Å². The Kier molecular flexibility index (Phi) is 8.01. The summed E-state index contributed by atoms with van der Waals surface area (Å²) in [6.07, 6.45) is 3.82. The van der Waals surface area contributed by atoms with Gasteiger partial charge in [0, 0.05) is 29.1 Å². The molecule has 2 aliphatic rings. The molecule has 4 heterocycles. The lowest BCUT2D eigenvalue weighted by molar-refractivity contribution is -0.117. The number of carbonyl (C=O) groups is 1. The van der Waals surface area contributed by atoms with Gasteiger partial charge in [-0.2, -0.15) is 0 Å². The normalized spacial score (nSPS) is 19.1. The summed E-state index contributed by atoms with van der Waals surface area (Å²) < 4.78 is 22.4. The summed E-state index contributed by atoms with van der Waals surface area (Å²) in [5.74, 6) is 2.59. The molecule has 2 aliphatic heterocycles. The van der Waals surface area contributed by atoms with E-state index in [2.05, 4.69) is 27.1 Å². The van der Waals surface area contributed by atoms with E-state index in [1.807, 2.05) is 13.0 Å². The van der Waals surface area contributed by atoms with Gasteiger partial charge in [0.1, 0.15) is 29.9 Å². The van der Waals surface area contributed by atoms with E-state index in [9.17, 15) is 4.79 Å². The van der Waals surface area contributed by atoms with Crippen molar-refractivity contribution in [2.24, 2.45) is 0 Å².